The lowest BCUT2D eigenvalue weighted by atomic mass is 10.3. The Hall–Kier alpha value is -1.89. The Balaban J connectivity index is 2.77. The molecule has 0 saturated heterocycles. The van der Waals surface area contributed by atoms with Crippen molar-refractivity contribution in [1.82, 2.24) is 8.96 Å². The lowest BCUT2D eigenvalue weighted by Gasteiger charge is -2.06. The summed E-state index contributed by atoms with van der Waals surface area (Å²) in [6.07, 6.45) is -0.423. The van der Waals surface area contributed by atoms with E-state index in [1.54, 1.807) is 24.3 Å². The Morgan fingerprint density at radius 3 is 2.67 bits per heavy atom. The van der Waals surface area contributed by atoms with Crippen molar-refractivity contribution in [3.63, 3.8) is 0 Å². The maximum Gasteiger partial charge on any atom is 0.311 e. The topological polar surface area (TPSA) is 89.3 Å². The molecule has 0 amide bonds. The summed E-state index contributed by atoms with van der Waals surface area (Å²) in [5.74, 6) is -1.19. The molecule has 0 unspecified atom stereocenters. The minimum atomic E-state index is -3.57. The molecular weight excluding hydrogens is 256 g/mol. The van der Waals surface area contributed by atoms with Crippen LogP contribution in [0.1, 0.15) is 12.7 Å². The number of aliphatic carboxylic acids is 1. The molecule has 18 heavy (non-hydrogen) atoms. The lowest BCUT2D eigenvalue weighted by molar-refractivity contribution is -0.136. The number of nitrogens with zero attached hydrogens (tertiary/aromatic N) is 2. The van der Waals surface area contributed by atoms with E-state index in [1.165, 1.54) is 6.92 Å². The van der Waals surface area contributed by atoms with Crippen molar-refractivity contribution in [3.05, 3.63) is 30.1 Å². The highest BCUT2D eigenvalue weighted by Crippen LogP contribution is 2.19. The van der Waals surface area contributed by atoms with Crippen molar-refractivity contribution >= 4 is 27.0 Å². The molecule has 7 heteroatoms. The van der Waals surface area contributed by atoms with Gasteiger partial charge in [-0.2, -0.15) is 0 Å². The molecule has 0 saturated carbocycles. The molecule has 1 aromatic heterocycles. The van der Waals surface area contributed by atoms with Gasteiger partial charge in [0.1, 0.15) is 12.2 Å². The van der Waals surface area contributed by atoms with Crippen LogP contribution in [0.25, 0.3) is 11.0 Å². The fourth-order valence-corrected chi connectivity index (χ4v) is 2.88. The number of carboxylic acids is 1. The predicted molar refractivity (Wildman–Crippen MR) is 65.9 cm³/mol. The second-order valence-electron chi connectivity index (χ2n) is 3.75. The number of imidazole rings is 1. The van der Waals surface area contributed by atoms with Gasteiger partial charge in [-0.25, -0.2) is 17.4 Å². The molecule has 0 spiro atoms. The Bertz CT molecular complexity index is 703. The smallest absolute Gasteiger partial charge is 0.311 e. The molecule has 0 aliphatic carbocycles. The molecule has 2 rings (SSSR count). The highest BCUT2D eigenvalue weighted by atomic mass is 32.2. The first-order chi connectivity index (χ1) is 8.45. The van der Waals surface area contributed by atoms with Crippen molar-refractivity contribution in [2.75, 3.05) is 5.75 Å². The minimum Gasteiger partial charge on any atom is -0.481 e. The summed E-state index contributed by atoms with van der Waals surface area (Å²) in [5.41, 5.74) is 0.890. The molecule has 6 nitrogen and oxygen atoms in total. The van der Waals surface area contributed by atoms with Gasteiger partial charge in [0, 0.05) is 0 Å². The van der Waals surface area contributed by atoms with Crippen LogP contribution in [0.3, 0.4) is 0 Å². The summed E-state index contributed by atoms with van der Waals surface area (Å²) in [7, 11) is -3.57. The Morgan fingerprint density at radius 1 is 1.39 bits per heavy atom. The number of hydrogen-bond acceptors (Lipinski definition) is 4. The van der Waals surface area contributed by atoms with Crippen LogP contribution in [0.2, 0.25) is 0 Å². The number of fused-ring (bicyclic) bond motifs is 1. The molecular formula is C11H12N2O4S. The van der Waals surface area contributed by atoms with E-state index in [9.17, 15) is 13.2 Å². The number of benzene rings is 1. The van der Waals surface area contributed by atoms with Gasteiger partial charge in [-0.3, -0.25) is 4.79 Å². The van der Waals surface area contributed by atoms with Gasteiger partial charge in [0.05, 0.1) is 16.8 Å². The van der Waals surface area contributed by atoms with E-state index >= 15 is 0 Å². The van der Waals surface area contributed by atoms with Crippen LogP contribution in [-0.4, -0.2) is 34.2 Å². The van der Waals surface area contributed by atoms with Crippen molar-refractivity contribution < 1.29 is 18.3 Å². The van der Waals surface area contributed by atoms with E-state index in [0.717, 1.165) is 3.97 Å². The van der Waals surface area contributed by atoms with E-state index in [1.807, 2.05) is 0 Å². The molecule has 0 atom stereocenters. The van der Waals surface area contributed by atoms with E-state index < -0.39 is 22.4 Å². The van der Waals surface area contributed by atoms with Crippen LogP contribution in [0.15, 0.2) is 24.3 Å². The summed E-state index contributed by atoms with van der Waals surface area (Å²) in [6.45, 7) is 1.51. The van der Waals surface area contributed by atoms with Crippen LogP contribution in [0, 0.1) is 0 Å². The van der Waals surface area contributed by atoms with Gasteiger partial charge in [-0.1, -0.05) is 12.1 Å². The largest absolute Gasteiger partial charge is 0.481 e. The second-order valence-corrected chi connectivity index (χ2v) is 5.86. The molecule has 96 valence electrons. The third kappa shape index (κ3) is 2.08. The van der Waals surface area contributed by atoms with Crippen molar-refractivity contribution in [2.24, 2.45) is 0 Å². The Morgan fingerprint density at radius 2 is 2.06 bits per heavy atom. The fourth-order valence-electron chi connectivity index (χ4n) is 1.74. The lowest BCUT2D eigenvalue weighted by Crippen LogP contribution is -2.19. The third-order valence-electron chi connectivity index (χ3n) is 2.54. The zero-order valence-electron chi connectivity index (χ0n) is 9.70. The normalized spacial score (nSPS) is 11.8. The Kier molecular flexibility index (Phi) is 3.08. The molecule has 0 bridgehead atoms. The first kappa shape index (κ1) is 12.6. The van der Waals surface area contributed by atoms with E-state index in [4.69, 9.17) is 5.11 Å². The standard InChI is InChI=1S/C11H12N2O4S/c1-2-18(16,17)13-9-6-4-3-5-8(9)12-10(13)7-11(14)15/h3-6H,2,7H2,1H3,(H,14,15). The van der Waals surface area contributed by atoms with Crippen molar-refractivity contribution in [3.8, 4) is 0 Å². The molecule has 0 fully saturated rings. The summed E-state index contributed by atoms with van der Waals surface area (Å²) in [6, 6.07) is 6.68. The summed E-state index contributed by atoms with van der Waals surface area (Å²) < 4.78 is 25.0. The molecule has 0 aliphatic heterocycles. The number of para-hydroxylation sites is 2. The zero-order chi connectivity index (χ0) is 13.3. The average Bonchev–Trinajstić information content (AvgIpc) is 2.66. The molecule has 1 N–H and O–H groups in total. The maximum absolute atomic E-state index is 12.0. The van der Waals surface area contributed by atoms with Gasteiger partial charge in [-0.05, 0) is 19.1 Å². The van der Waals surface area contributed by atoms with Gasteiger partial charge >= 0.3 is 5.97 Å². The van der Waals surface area contributed by atoms with Gasteiger partial charge in [-0.15, -0.1) is 0 Å². The second kappa shape index (κ2) is 4.41. The Labute approximate surface area is 104 Å². The minimum absolute atomic E-state index is 0.0329. The molecule has 1 heterocycles. The zero-order valence-corrected chi connectivity index (χ0v) is 10.5. The van der Waals surface area contributed by atoms with E-state index in [0.29, 0.717) is 11.0 Å². The van der Waals surface area contributed by atoms with E-state index in [-0.39, 0.29) is 11.6 Å². The third-order valence-corrected chi connectivity index (χ3v) is 4.23. The van der Waals surface area contributed by atoms with Gasteiger partial charge in [0.25, 0.3) is 0 Å². The number of aromatic nitrogens is 2. The highest BCUT2D eigenvalue weighted by molar-refractivity contribution is 7.90. The molecule has 2 aromatic rings. The predicted octanol–water partition coefficient (Wildman–Crippen LogP) is 0.861. The van der Waals surface area contributed by atoms with Gasteiger partial charge in [0.15, 0.2) is 0 Å². The SMILES string of the molecule is CCS(=O)(=O)n1c(CC(=O)O)nc2ccccc21. The van der Waals surface area contributed by atoms with E-state index in [2.05, 4.69) is 4.98 Å². The quantitative estimate of drug-likeness (QED) is 0.888. The highest BCUT2D eigenvalue weighted by Gasteiger charge is 2.21. The maximum atomic E-state index is 12.0. The monoisotopic (exact) mass is 268 g/mol. The van der Waals surface area contributed by atoms with Gasteiger partial charge in [0.2, 0.25) is 10.0 Å². The number of carbonyl (C=O) groups is 1. The van der Waals surface area contributed by atoms with Crippen molar-refractivity contribution in [2.45, 2.75) is 13.3 Å². The first-order valence-electron chi connectivity index (χ1n) is 5.37. The molecule has 0 aliphatic rings. The number of carboxylic acid groups (broad SMARTS) is 1. The van der Waals surface area contributed by atoms with Crippen LogP contribution in [0.5, 0.6) is 0 Å². The number of rotatable bonds is 4. The van der Waals surface area contributed by atoms with Gasteiger partial charge < -0.3 is 5.11 Å². The summed E-state index contributed by atoms with van der Waals surface area (Å²) in [5, 5.41) is 8.81. The summed E-state index contributed by atoms with van der Waals surface area (Å²) in [4.78, 5) is 14.8. The number of hydrogen-bond donors (Lipinski definition) is 1. The van der Waals surface area contributed by atoms with Crippen LogP contribution >= 0.6 is 0 Å². The van der Waals surface area contributed by atoms with Crippen LogP contribution in [0.4, 0.5) is 0 Å². The van der Waals surface area contributed by atoms with Crippen LogP contribution < -0.4 is 0 Å². The molecule has 0 radical (unpaired) electrons. The average molecular weight is 268 g/mol. The fraction of sp³-hybridized carbons (Fsp3) is 0.273. The first-order valence-corrected chi connectivity index (χ1v) is 6.98. The van der Waals surface area contributed by atoms with Crippen LogP contribution in [-0.2, 0) is 21.2 Å². The van der Waals surface area contributed by atoms with Crippen molar-refractivity contribution in [1.29, 1.82) is 0 Å². The summed E-state index contributed by atoms with van der Waals surface area (Å²) >= 11 is 0. The molecule has 1 aromatic carbocycles.